The highest BCUT2D eigenvalue weighted by Crippen LogP contribution is 2.22. The summed E-state index contributed by atoms with van der Waals surface area (Å²) in [6.07, 6.45) is 1.11. The van der Waals surface area contributed by atoms with E-state index in [0.29, 0.717) is 18.0 Å². The lowest BCUT2D eigenvalue weighted by molar-refractivity contribution is -0.126. The number of nitrogens with zero attached hydrogens (tertiary/aromatic N) is 1. The molecular formula is C20H23N3O4. The SMILES string of the molecule is CCOc1ccc(NC(=O)CC(=O)N/N=C/c2cc(C)c(O)c(C)c2)cc1. The van der Waals surface area contributed by atoms with Gasteiger partial charge in [-0.15, -0.1) is 0 Å². The fourth-order valence-corrected chi connectivity index (χ4v) is 2.43. The molecule has 0 aliphatic carbocycles. The predicted molar refractivity (Wildman–Crippen MR) is 104 cm³/mol. The lowest BCUT2D eigenvalue weighted by Crippen LogP contribution is -2.24. The second-order valence-electron chi connectivity index (χ2n) is 5.98. The number of anilines is 1. The average molecular weight is 369 g/mol. The largest absolute Gasteiger partial charge is 0.507 e. The van der Waals surface area contributed by atoms with Crippen molar-refractivity contribution in [3.8, 4) is 11.5 Å². The Hall–Kier alpha value is -3.35. The smallest absolute Gasteiger partial charge is 0.249 e. The maximum Gasteiger partial charge on any atom is 0.249 e. The van der Waals surface area contributed by atoms with Gasteiger partial charge in [0.25, 0.3) is 0 Å². The van der Waals surface area contributed by atoms with Gasteiger partial charge in [0.2, 0.25) is 11.8 Å². The van der Waals surface area contributed by atoms with Crippen molar-refractivity contribution in [2.45, 2.75) is 27.2 Å². The second-order valence-corrected chi connectivity index (χ2v) is 5.98. The molecule has 0 spiro atoms. The number of phenolic OH excluding ortho intramolecular Hbond substituents is 1. The van der Waals surface area contributed by atoms with Gasteiger partial charge < -0.3 is 15.2 Å². The van der Waals surface area contributed by atoms with Crippen LogP contribution in [-0.4, -0.2) is 29.7 Å². The molecule has 0 aliphatic rings. The van der Waals surface area contributed by atoms with E-state index in [1.54, 1.807) is 50.2 Å². The van der Waals surface area contributed by atoms with Crippen LogP contribution in [0.3, 0.4) is 0 Å². The third-order valence-corrected chi connectivity index (χ3v) is 3.69. The number of ether oxygens (including phenoxy) is 1. The Kier molecular flexibility index (Phi) is 6.93. The van der Waals surface area contributed by atoms with E-state index < -0.39 is 11.8 Å². The summed E-state index contributed by atoms with van der Waals surface area (Å²) in [5.74, 6) is -0.0190. The number of aryl methyl sites for hydroxylation is 2. The summed E-state index contributed by atoms with van der Waals surface area (Å²) in [6.45, 7) is 6.02. The Morgan fingerprint density at radius 1 is 1.11 bits per heavy atom. The number of hydrogen-bond donors (Lipinski definition) is 3. The van der Waals surface area contributed by atoms with Crippen molar-refractivity contribution in [2.24, 2.45) is 5.10 Å². The molecule has 0 atom stereocenters. The summed E-state index contributed by atoms with van der Waals surface area (Å²) in [7, 11) is 0. The van der Waals surface area contributed by atoms with E-state index in [0.717, 1.165) is 16.7 Å². The number of carbonyl (C=O) groups excluding carboxylic acids is 2. The third kappa shape index (κ3) is 6.14. The molecule has 0 aliphatic heterocycles. The highest BCUT2D eigenvalue weighted by molar-refractivity contribution is 6.03. The number of benzene rings is 2. The van der Waals surface area contributed by atoms with Gasteiger partial charge in [-0.2, -0.15) is 5.10 Å². The van der Waals surface area contributed by atoms with Gasteiger partial charge >= 0.3 is 0 Å². The van der Waals surface area contributed by atoms with Crippen LogP contribution in [0.5, 0.6) is 11.5 Å². The molecule has 0 heterocycles. The fourth-order valence-electron chi connectivity index (χ4n) is 2.43. The summed E-state index contributed by atoms with van der Waals surface area (Å²) in [5.41, 5.74) is 5.07. The maximum atomic E-state index is 11.9. The minimum atomic E-state index is -0.526. The van der Waals surface area contributed by atoms with Gasteiger partial charge in [0, 0.05) is 5.69 Å². The van der Waals surface area contributed by atoms with Crippen molar-refractivity contribution in [1.29, 1.82) is 0 Å². The van der Waals surface area contributed by atoms with Gasteiger partial charge in [-0.3, -0.25) is 9.59 Å². The van der Waals surface area contributed by atoms with Crippen LogP contribution >= 0.6 is 0 Å². The van der Waals surface area contributed by atoms with E-state index in [1.807, 2.05) is 6.92 Å². The first-order valence-electron chi connectivity index (χ1n) is 8.54. The molecule has 0 saturated heterocycles. The van der Waals surface area contributed by atoms with Crippen LogP contribution < -0.4 is 15.5 Å². The first-order valence-corrected chi connectivity index (χ1v) is 8.54. The van der Waals surface area contributed by atoms with E-state index in [4.69, 9.17) is 4.74 Å². The molecule has 0 bridgehead atoms. The van der Waals surface area contributed by atoms with Gasteiger partial charge in [0.15, 0.2) is 0 Å². The lowest BCUT2D eigenvalue weighted by Gasteiger charge is -2.07. The molecule has 142 valence electrons. The monoisotopic (exact) mass is 369 g/mol. The van der Waals surface area contributed by atoms with Crippen LogP contribution in [0.15, 0.2) is 41.5 Å². The molecule has 2 amide bonds. The van der Waals surface area contributed by atoms with Crippen LogP contribution in [0.1, 0.15) is 30.0 Å². The van der Waals surface area contributed by atoms with E-state index >= 15 is 0 Å². The Morgan fingerprint density at radius 2 is 1.74 bits per heavy atom. The summed E-state index contributed by atoms with van der Waals surface area (Å²) in [6, 6.07) is 10.4. The number of carbonyl (C=O) groups is 2. The summed E-state index contributed by atoms with van der Waals surface area (Å²) >= 11 is 0. The Bertz CT molecular complexity index is 822. The normalized spacial score (nSPS) is 10.6. The molecule has 0 saturated carbocycles. The standard InChI is InChI=1S/C20H23N3O4/c1-4-27-17-7-5-16(6-8-17)22-18(24)11-19(25)23-21-12-15-9-13(2)20(26)14(3)10-15/h5-10,12,26H,4,11H2,1-3H3,(H,22,24)(H,23,25)/b21-12+. The highest BCUT2D eigenvalue weighted by Gasteiger charge is 2.09. The van der Waals surface area contributed by atoms with Gasteiger partial charge in [-0.1, -0.05) is 0 Å². The second kappa shape index (κ2) is 9.38. The number of phenols is 1. The molecular weight excluding hydrogens is 346 g/mol. The van der Waals surface area contributed by atoms with Crippen molar-refractivity contribution in [3.63, 3.8) is 0 Å². The molecule has 3 N–H and O–H groups in total. The van der Waals surface area contributed by atoms with Gasteiger partial charge in [0.05, 0.1) is 12.8 Å². The van der Waals surface area contributed by atoms with Gasteiger partial charge in [0.1, 0.15) is 17.9 Å². The zero-order chi connectivity index (χ0) is 19.8. The molecule has 2 aromatic rings. The van der Waals surface area contributed by atoms with Crippen molar-refractivity contribution in [2.75, 3.05) is 11.9 Å². The van der Waals surface area contributed by atoms with Crippen LogP contribution in [-0.2, 0) is 9.59 Å². The maximum absolute atomic E-state index is 11.9. The Morgan fingerprint density at radius 3 is 2.33 bits per heavy atom. The van der Waals surface area contributed by atoms with Crippen LogP contribution in [0, 0.1) is 13.8 Å². The first-order chi connectivity index (χ1) is 12.9. The Balaban J connectivity index is 1.83. The summed E-state index contributed by atoms with van der Waals surface area (Å²) in [5, 5.41) is 16.2. The minimum absolute atomic E-state index is 0.238. The average Bonchev–Trinajstić information content (AvgIpc) is 2.61. The highest BCUT2D eigenvalue weighted by atomic mass is 16.5. The molecule has 7 nitrogen and oxygen atoms in total. The molecule has 0 aromatic heterocycles. The van der Waals surface area contributed by atoms with E-state index in [-0.39, 0.29) is 12.2 Å². The van der Waals surface area contributed by atoms with E-state index in [2.05, 4.69) is 15.8 Å². The Labute approximate surface area is 158 Å². The van der Waals surface area contributed by atoms with Gasteiger partial charge in [-0.05, 0) is 73.9 Å². The zero-order valence-electron chi connectivity index (χ0n) is 15.6. The summed E-state index contributed by atoms with van der Waals surface area (Å²) in [4.78, 5) is 23.7. The van der Waals surface area contributed by atoms with Crippen molar-refractivity contribution in [1.82, 2.24) is 5.43 Å². The lowest BCUT2D eigenvalue weighted by atomic mass is 10.1. The van der Waals surface area contributed by atoms with E-state index in [1.165, 1.54) is 6.21 Å². The first kappa shape index (κ1) is 20.0. The third-order valence-electron chi connectivity index (χ3n) is 3.69. The molecule has 0 fully saturated rings. The van der Waals surface area contributed by atoms with Crippen LogP contribution in [0.2, 0.25) is 0 Å². The molecule has 0 radical (unpaired) electrons. The quantitative estimate of drug-likeness (QED) is 0.397. The number of hydrazone groups is 1. The molecule has 27 heavy (non-hydrogen) atoms. The van der Waals surface area contributed by atoms with Crippen molar-refractivity contribution in [3.05, 3.63) is 53.1 Å². The number of rotatable bonds is 7. The van der Waals surface area contributed by atoms with Crippen molar-refractivity contribution < 1.29 is 19.4 Å². The van der Waals surface area contributed by atoms with Crippen LogP contribution in [0.25, 0.3) is 0 Å². The predicted octanol–water partition coefficient (Wildman–Crippen LogP) is 2.89. The number of hydrogen-bond acceptors (Lipinski definition) is 5. The number of amides is 2. The zero-order valence-corrected chi connectivity index (χ0v) is 15.6. The van der Waals surface area contributed by atoms with Crippen molar-refractivity contribution >= 4 is 23.7 Å². The number of nitrogens with one attached hydrogen (secondary N) is 2. The van der Waals surface area contributed by atoms with E-state index in [9.17, 15) is 14.7 Å². The number of aromatic hydroxyl groups is 1. The summed E-state index contributed by atoms with van der Waals surface area (Å²) < 4.78 is 5.33. The minimum Gasteiger partial charge on any atom is -0.507 e. The van der Waals surface area contributed by atoms with Gasteiger partial charge in [-0.25, -0.2) is 5.43 Å². The van der Waals surface area contributed by atoms with Crippen LogP contribution in [0.4, 0.5) is 5.69 Å². The topological polar surface area (TPSA) is 100 Å². The fraction of sp³-hybridized carbons (Fsp3) is 0.250. The molecule has 2 aromatic carbocycles. The molecule has 0 unspecified atom stereocenters. The molecule has 7 heteroatoms. The molecule has 2 rings (SSSR count).